The number of hydrogen-bond acceptors (Lipinski definition) is 4. The molecule has 45 heavy (non-hydrogen) atoms. The highest BCUT2D eigenvalue weighted by atomic mass is 19.1. The smallest absolute Gasteiger partial charge is 0.332 e. The fourth-order valence-electron chi connectivity index (χ4n) is 7.01. The Labute approximate surface area is 265 Å². The van der Waals surface area contributed by atoms with Gasteiger partial charge < -0.3 is 14.7 Å². The van der Waals surface area contributed by atoms with Crippen molar-refractivity contribution in [2.75, 3.05) is 26.7 Å². The van der Waals surface area contributed by atoms with E-state index in [1.807, 2.05) is 76.8 Å². The maximum absolute atomic E-state index is 13.8. The first kappa shape index (κ1) is 32.6. The van der Waals surface area contributed by atoms with Gasteiger partial charge in [-0.25, -0.2) is 14.0 Å². The first-order chi connectivity index (χ1) is 21.7. The Morgan fingerprint density at radius 3 is 2.42 bits per heavy atom. The molecule has 0 saturated heterocycles. The van der Waals surface area contributed by atoms with Gasteiger partial charge >= 0.3 is 11.7 Å². The largest absolute Gasteiger partial charge is 0.479 e. The van der Waals surface area contributed by atoms with Crippen molar-refractivity contribution in [3.63, 3.8) is 0 Å². The van der Waals surface area contributed by atoms with Gasteiger partial charge in [0.1, 0.15) is 5.82 Å². The van der Waals surface area contributed by atoms with Crippen LogP contribution < -0.4 is 5.69 Å². The lowest BCUT2D eigenvalue weighted by molar-refractivity contribution is -0.152. The number of para-hydroxylation sites is 2. The molecule has 4 aromatic rings. The zero-order chi connectivity index (χ0) is 31.9. The van der Waals surface area contributed by atoms with Crippen molar-refractivity contribution < 1.29 is 19.0 Å². The molecule has 7 nitrogen and oxygen atoms in total. The van der Waals surface area contributed by atoms with Crippen molar-refractivity contribution in [1.29, 1.82) is 0 Å². The van der Waals surface area contributed by atoms with Gasteiger partial charge in [0.15, 0.2) is 6.10 Å². The van der Waals surface area contributed by atoms with Gasteiger partial charge in [0.2, 0.25) is 0 Å². The third-order valence-corrected chi connectivity index (χ3v) is 9.31. The number of rotatable bonds is 15. The molecule has 0 fully saturated rings. The summed E-state index contributed by atoms with van der Waals surface area (Å²) in [5.41, 5.74) is 5.21. The number of carboxylic acid groups (broad SMARTS) is 1. The number of imidazole rings is 1. The minimum Gasteiger partial charge on any atom is -0.479 e. The summed E-state index contributed by atoms with van der Waals surface area (Å²) in [7, 11) is 2.00. The third-order valence-electron chi connectivity index (χ3n) is 9.31. The summed E-state index contributed by atoms with van der Waals surface area (Å²) in [6, 6.07) is 23.0. The molecule has 1 heterocycles. The maximum Gasteiger partial charge on any atom is 0.332 e. The molecule has 3 atom stereocenters. The minimum atomic E-state index is -0.936. The zero-order valence-electron chi connectivity index (χ0n) is 26.7. The van der Waals surface area contributed by atoms with Crippen LogP contribution in [0, 0.1) is 17.7 Å². The van der Waals surface area contributed by atoms with E-state index in [2.05, 4.69) is 18.7 Å². The molecule has 3 aromatic carbocycles. The lowest BCUT2D eigenvalue weighted by Gasteiger charge is -2.36. The van der Waals surface area contributed by atoms with Gasteiger partial charge in [-0.3, -0.25) is 9.13 Å². The Kier molecular flexibility index (Phi) is 10.9. The van der Waals surface area contributed by atoms with Crippen LogP contribution in [0.2, 0.25) is 0 Å². The van der Waals surface area contributed by atoms with E-state index < -0.39 is 12.1 Å². The van der Waals surface area contributed by atoms with Gasteiger partial charge in [-0.15, -0.1) is 0 Å². The van der Waals surface area contributed by atoms with Crippen molar-refractivity contribution in [2.45, 2.75) is 71.1 Å². The van der Waals surface area contributed by atoms with Crippen molar-refractivity contribution >= 4 is 17.0 Å². The average molecular weight is 616 g/mol. The van der Waals surface area contributed by atoms with E-state index in [4.69, 9.17) is 4.74 Å². The Balaban J connectivity index is 1.11. The monoisotopic (exact) mass is 615 g/mol. The number of nitrogens with zero attached hydrogens (tertiary/aromatic N) is 3. The molecule has 240 valence electrons. The van der Waals surface area contributed by atoms with E-state index in [1.165, 1.54) is 11.6 Å². The number of halogens is 1. The lowest BCUT2D eigenvalue weighted by atomic mass is 9.70. The third kappa shape index (κ3) is 7.92. The van der Waals surface area contributed by atoms with Crippen LogP contribution in [0.5, 0.6) is 0 Å². The molecule has 0 radical (unpaired) electrons. The standard InChI is InChI=1S/C37H46FN3O4/c1-26(2)35-29(16-15-28-23-30(38)17-18-31(28)35)25-45-34(36(42)43)19-22-39(3)20-9-10-21-40-32-13-7-8-14-33(32)41(37(40)44)24-27-11-5-4-6-12-27/h4-8,11-14,17-18,23,26,29,34-35H,9-10,15-16,19-22,24-25H2,1-3H3,(H,42,43)/t29?,34-,35-/m0/s1. The number of aryl methyl sites for hydroxylation is 2. The Bertz CT molecular complexity index is 1630. The van der Waals surface area contributed by atoms with Crippen molar-refractivity contribution in [3.8, 4) is 0 Å². The SMILES string of the molecule is CC(C)[C@@H]1c2ccc(F)cc2CCC1CO[C@@H](CCN(C)CCCCn1c(=O)n(Cc2ccccc2)c2ccccc21)C(=O)O. The first-order valence-corrected chi connectivity index (χ1v) is 16.3. The van der Waals surface area contributed by atoms with Crippen LogP contribution in [0.4, 0.5) is 4.39 Å². The molecule has 1 N–H and O–H groups in total. The lowest BCUT2D eigenvalue weighted by Crippen LogP contribution is -2.34. The number of aromatic nitrogens is 2. The zero-order valence-corrected chi connectivity index (χ0v) is 26.7. The van der Waals surface area contributed by atoms with E-state index in [0.717, 1.165) is 54.4 Å². The number of unbranched alkanes of at least 4 members (excludes halogenated alkanes) is 1. The van der Waals surface area contributed by atoms with E-state index in [1.54, 1.807) is 6.07 Å². The van der Waals surface area contributed by atoms with Crippen LogP contribution >= 0.6 is 0 Å². The van der Waals surface area contributed by atoms with Crippen LogP contribution in [0.3, 0.4) is 0 Å². The van der Waals surface area contributed by atoms with Crippen LogP contribution in [0.15, 0.2) is 77.6 Å². The highest BCUT2D eigenvalue weighted by molar-refractivity contribution is 5.76. The summed E-state index contributed by atoms with van der Waals surface area (Å²) >= 11 is 0. The summed E-state index contributed by atoms with van der Waals surface area (Å²) in [5, 5.41) is 9.91. The molecule has 8 heteroatoms. The molecule has 1 aliphatic carbocycles. The molecule has 0 amide bonds. The van der Waals surface area contributed by atoms with Crippen LogP contribution in [0.1, 0.15) is 62.1 Å². The number of carbonyl (C=O) groups is 1. The Hall–Kier alpha value is -3.75. The summed E-state index contributed by atoms with van der Waals surface area (Å²) in [6.45, 7) is 7.28. The van der Waals surface area contributed by atoms with E-state index in [9.17, 15) is 19.1 Å². The first-order valence-electron chi connectivity index (χ1n) is 16.3. The Morgan fingerprint density at radius 1 is 1.00 bits per heavy atom. The van der Waals surface area contributed by atoms with Crippen molar-refractivity contribution in [2.24, 2.45) is 11.8 Å². The number of ether oxygens (including phenoxy) is 1. The predicted molar refractivity (Wildman–Crippen MR) is 176 cm³/mol. The number of hydrogen-bond donors (Lipinski definition) is 1. The van der Waals surface area contributed by atoms with Crippen LogP contribution in [-0.2, 0) is 29.0 Å². The summed E-state index contributed by atoms with van der Waals surface area (Å²) in [5.74, 6) is -0.389. The van der Waals surface area contributed by atoms with Gasteiger partial charge in [0, 0.05) is 13.1 Å². The van der Waals surface area contributed by atoms with Crippen LogP contribution in [-0.4, -0.2) is 58.0 Å². The van der Waals surface area contributed by atoms with Gasteiger partial charge in [-0.2, -0.15) is 0 Å². The molecular formula is C37H46FN3O4. The summed E-state index contributed by atoms with van der Waals surface area (Å²) < 4.78 is 23.6. The quantitative estimate of drug-likeness (QED) is 0.153. The van der Waals surface area contributed by atoms with E-state index in [-0.39, 0.29) is 23.3 Å². The number of carboxylic acids is 1. The molecular weight excluding hydrogens is 569 g/mol. The predicted octanol–water partition coefficient (Wildman–Crippen LogP) is 6.56. The average Bonchev–Trinajstić information content (AvgIpc) is 3.29. The minimum absolute atomic E-state index is 0.00294. The van der Waals surface area contributed by atoms with Gasteiger partial charge in [0.05, 0.1) is 24.2 Å². The van der Waals surface area contributed by atoms with Gasteiger partial charge in [-0.05, 0) is 104 Å². The van der Waals surface area contributed by atoms with Crippen molar-refractivity contribution in [1.82, 2.24) is 14.0 Å². The second-order valence-corrected chi connectivity index (χ2v) is 12.9. The fraction of sp³-hybridized carbons (Fsp3) is 0.459. The number of aliphatic carboxylic acids is 1. The molecule has 1 aliphatic rings. The van der Waals surface area contributed by atoms with Gasteiger partial charge in [0.25, 0.3) is 0 Å². The van der Waals surface area contributed by atoms with Gasteiger partial charge in [-0.1, -0.05) is 62.4 Å². The molecule has 1 aromatic heterocycles. The molecule has 0 saturated carbocycles. The molecule has 5 rings (SSSR count). The molecule has 0 spiro atoms. The topological polar surface area (TPSA) is 76.7 Å². The van der Waals surface area contributed by atoms with E-state index >= 15 is 0 Å². The summed E-state index contributed by atoms with van der Waals surface area (Å²) in [6.07, 6.45) is 2.90. The summed E-state index contributed by atoms with van der Waals surface area (Å²) in [4.78, 5) is 27.6. The fourth-order valence-corrected chi connectivity index (χ4v) is 7.01. The molecule has 0 aliphatic heterocycles. The maximum atomic E-state index is 13.8. The van der Waals surface area contributed by atoms with Crippen molar-refractivity contribution in [3.05, 3.63) is 106 Å². The number of benzene rings is 3. The van der Waals surface area contributed by atoms with Crippen LogP contribution in [0.25, 0.3) is 11.0 Å². The highest BCUT2D eigenvalue weighted by Crippen LogP contribution is 2.41. The number of fused-ring (bicyclic) bond motifs is 2. The second-order valence-electron chi connectivity index (χ2n) is 12.9. The highest BCUT2D eigenvalue weighted by Gasteiger charge is 2.33. The molecule has 0 bridgehead atoms. The van der Waals surface area contributed by atoms with E-state index in [0.29, 0.717) is 38.6 Å². The molecule has 1 unspecified atom stereocenters. The normalized spacial score (nSPS) is 17.2. The Morgan fingerprint density at radius 2 is 1.71 bits per heavy atom. The second kappa shape index (κ2) is 15.0.